The number of hydrogen-bond donors (Lipinski definition) is 3. The lowest BCUT2D eigenvalue weighted by Gasteiger charge is -2.27. The van der Waals surface area contributed by atoms with E-state index in [0.29, 0.717) is 6.54 Å². The van der Waals surface area contributed by atoms with Crippen molar-refractivity contribution in [1.82, 2.24) is 16.0 Å². The molecule has 0 aromatic rings. The Hall–Kier alpha value is -1.54. The van der Waals surface area contributed by atoms with Gasteiger partial charge in [0.1, 0.15) is 11.6 Å². The fourth-order valence-corrected chi connectivity index (χ4v) is 2.19. The molecule has 0 saturated carbocycles. The second kappa shape index (κ2) is 10.4. The number of ether oxygens (including phenoxy) is 2. The molecule has 8 nitrogen and oxygen atoms in total. The van der Waals surface area contributed by atoms with E-state index in [1.54, 1.807) is 20.8 Å². The Morgan fingerprint density at radius 1 is 1.29 bits per heavy atom. The van der Waals surface area contributed by atoms with Gasteiger partial charge >= 0.3 is 12.1 Å². The van der Waals surface area contributed by atoms with E-state index in [2.05, 4.69) is 20.7 Å². The van der Waals surface area contributed by atoms with Gasteiger partial charge in [-0.3, -0.25) is 9.59 Å². The highest BCUT2D eigenvalue weighted by Gasteiger charge is 2.28. The number of nitrogens with one attached hydrogen (secondary N) is 3. The largest absolute Gasteiger partial charge is 0.469 e. The summed E-state index contributed by atoms with van der Waals surface area (Å²) in [6, 6.07) is -1.05. The first-order valence-electron chi connectivity index (χ1n) is 7.78. The number of piperidine rings is 1. The van der Waals surface area contributed by atoms with Crippen LogP contribution in [0.3, 0.4) is 0 Å². The number of rotatable bonds is 5. The van der Waals surface area contributed by atoms with Crippen molar-refractivity contribution in [1.29, 1.82) is 0 Å². The molecule has 0 spiro atoms. The zero-order valence-corrected chi connectivity index (χ0v) is 15.5. The molecular formula is C15H28ClN3O5. The molecule has 2 amide bonds. The van der Waals surface area contributed by atoms with E-state index in [-0.39, 0.29) is 24.9 Å². The Morgan fingerprint density at radius 3 is 2.46 bits per heavy atom. The first-order valence-corrected chi connectivity index (χ1v) is 7.78. The standard InChI is InChI=1S/C15H27N3O5.ClH/c1-15(2,3)23-14(21)18-11(8-12(19)22-4)13(20)17-10-6-5-7-16-9-10;/h10-11,16H,5-9H2,1-4H3,(H,17,20)(H,18,21);1H/t10?,11-;/m0./s1. The number of carbonyl (C=O) groups excluding carboxylic acids is 3. The second-order valence-electron chi connectivity index (χ2n) is 6.53. The van der Waals surface area contributed by atoms with Crippen LogP contribution in [0, 0.1) is 0 Å². The number of amides is 2. The molecule has 0 radical (unpaired) electrons. The third kappa shape index (κ3) is 8.93. The van der Waals surface area contributed by atoms with E-state index in [9.17, 15) is 14.4 Å². The van der Waals surface area contributed by atoms with Crippen LogP contribution in [-0.4, -0.2) is 55.9 Å². The molecule has 1 rings (SSSR count). The van der Waals surface area contributed by atoms with Gasteiger partial charge < -0.3 is 25.4 Å². The molecule has 1 fully saturated rings. The van der Waals surface area contributed by atoms with Gasteiger partial charge in [-0.1, -0.05) is 0 Å². The smallest absolute Gasteiger partial charge is 0.408 e. The van der Waals surface area contributed by atoms with Gasteiger partial charge in [-0.25, -0.2) is 4.79 Å². The zero-order chi connectivity index (χ0) is 17.5. The van der Waals surface area contributed by atoms with Crippen LogP contribution in [0.2, 0.25) is 0 Å². The van der Waals surface area contributed by atoms with Crippen LogP contribution >= 0.6 is 12.4 Å². The third-order valence-corrected chi connectivity index (χ3v) is 3.25. The van der Waals surface area contributed by atoms with Gasteiger partial charge in [0.15, 0.2) is 0 Å². The highest BCUT2D eigenvalue weighted by molar-refractivity contribution is 5.89. The summed E-state index contributed by atoms with van der Waals surface area (Å²) in [5.41, 5.74) is -0.691. The van der Waals surface area contributed by atoms with Gasteiger partial charge in [-0.2, -0.15) is 0 Å². The lowest BCUT2D eigenvalue weighted by Crippen LogP contribution is -2.54. The summed E-state index contributed by atoms with van der Waals surface area (Å²) in [5.74, 6) is -1.00. The number of hydrogen-bond acceptors (Lipinski definition) is 6. The first-order chi connectivity index (χ1) is 10.7. The quantitative estimate of drug-likeness (QED) is 0.620. The minimum atomic E-state index is -1.03. The Bertz CT molecular complexity index is 433. The first kappa shape index (κ1) is 22.5. The van der Waals surface area contributed by atoms with Crippen molar-refractivity contribution in [2.24, 2.45) is 0 Å². The highest BCUT2D eigenvalue weighted by atomic mass is 35.5. The predicted molar refractivity (Wildman–Crippen MR) is 91.1 cm³/mol. The van der Waals surface area contributed by atoms with Crippen molar-refractivity contribution >= 4 is 30.4 Å². The minimum Gasteiger partial charge on any atom is -0.469 e. The molecular weight excluding hydrogens is 338 g/mol. The van der Waals surface area contributed by atoms with E-state index in [4.69, 9.17) is 4.74 Å². The lowest BCUT2D eigenvalue weighted by atomic mass is 10.1. The van der Waals surface area contributed by atoms with Crippen LogP contribution in [0.25, 0.3) is 0 Å². The maximum absolute atomic E-state index is 12.3. The van der Waals surface area contributed by atoms with Crippen molar-refractivity contribution in [2.75, 3.05) is 20.2 Å². The molecule has 140 valence electrons. The molecule has 9 heteroatoms. The summed E-state index contributed by atoms with van der Waals surface area (Å²) >= 11 is 0. The summed E-state index contributed by atoms with van der Waals surface area (Å²) in [5, 5.41) is 8.46. The summed E-state index contributed by atoms with van der Waals surface area (Å²) in [6.07, 6.45) is 0.826. The van der Waals surface area contributed by atoms with Gasteiger partial charge in [-0.05, 0) is 40.2 Å². The molecule has 24 heavy (non-hydrogen) atoms. The topological polar surface area (TPSA) is 106 Å². The van der Waals surface area contributed by atoms with Crippen molar-refractivity contribution in [3.63, 3.8) is 0 Å². The molecule has 1 heterocycles. The van der Waals surface area contributed by atoms with E-state index >= 15 is 0 Å². The fourth-order valence-electron chi connectivity index (χ4n) is 2.19. The number of alkyl carbamates (subject to hydrolysis) is 1. The van der Waals surface area contributed by atoms with Gasteiger partial charge in [0.2, 0.25) is 5.91 Å². The average Bonchev–Trinajstić information content (AvgIpc) is 2.45. The predicted octanol–water partition coefficient (Wildman–Crippen LogP) is 0.733. The van der Waals surface area contributed by atoms with E-state index < -0.39 is 29.6 Å². The SMILES string of the molecule is COC(=O)C[C@H](NC(=O)OC(C)(C)C)C(=O)NC1CCCNC1.Cl. The number of esters is 1. The number of carbonyl (C=O) groups is 3. The maximum Gasteiger partial charge on any atom is 0.408 e. The molecule has 3 N–H and O–H groups in total. The van der Waals surface area contributed by atoms with Crippen molar-refractivity contribution in [3.8, 4) is 0 Å². The van der Waals surface area contributed by atoms with Crippen LogP contribution in [-0.2, 0) is 19.1 Å². The number of halogens is 1. The van der Waals surface area contributed by atoms with Crippen molar-refractivity contribution in [2.45, 2.75) is 57.7 Å². The van der Waals surface area contributed by atoms with E-state index in [0.717, 1.165) is 19.4 Å². The van der Waals surface area contributed by atoms with Gasteiger partial charge in [0, 0.05) is 12.6 Å². The Morgan fingerprint density at radius 2 is 1.96 bits per heavy atom. The van der Waals surface area contributed by atoms with E-state index in [1.165, 1.54) is 7.11 Å². The summed E-state index contributed by atoms with van der Waals surface area (Å²) in [4.78, 5) is 35.7. The van der Waals surface area contributed by atoms with E-state index in [1.807, 2.05) is 0 Å². The molecule has 1 saturated heterocycles. The second-order valence-corrected chi connectivity index (χ2v) is 6.53. The molecule has 0 aromatic carbocycles. The Balaban J connectivity index is 0.00000529. The molecule has 1 unspecified atom stereocenters. The van der Waals surface area contributed by atoms with Crippen LogP contribution in [0.4, 0.5) is 4.79 Å². The third-order valence-electron chi connectivity index (χ3n) is 3.25. The monoisotopic (exact) mass is 365 g/mol. The maximum atomic E-state index is 12.3. The van der Waals surface area contributed by atoms with Crippen molar-refractivity contribution < 1.29 is 23.9 Å². The van der Waals surface area contributed by atoms with Gasteiger partial charge in [0.05, 0.1) is 13.5 Å². The van der Waals surface area contributed by atoms with Gasteiger partial charge in [0.25, 0.3) is 0 Å². The van der Waals surface area contributed by atoms with Crippen LogP contribution < -0.4 is 16.0 Å². The summed E-state index contributed by atoms with van der Waals surface area (Å²) < 4.78 is 9.71. The van der Waals surface area contributed by atoms with Crippen LogP contribution in [0.1, 0.15) is 40.0 Å². The summed E-state index contributed by atoms with van der Waals surface area (Å²) in [6.45, 7) is 6.75. The Kier molecular flexibility index (Phi) is 9.69. The minimum absolute atomic E-state index is 0. The normalized spacial score (nSPS) is 18.6. The van der Waals surface area contributed by atoms with Crippen molar-refractivity contribution in [3.05, 3.63) is 0 Å². The molecule has 1 aliphatic rings. The molecule has 1 aliphatic heterocycles. The lowest BCUT2D eigenvalue weighted by molar-refractivity contribution is -0.143. The molecule has 2 atom stereocenters. The average molecular weight is 366 g/mol. The molecule has 0 aromatic heterocycles. The highest BCUT2D eigenvalue weighted by Crippen LogP contribution is 2.08. The number of methoxy groups -OCH3 is 1. The fraction of sp³-hybridized carbons (Fsp3) is 0.800. The molecule has 0 aliphatic carbocycles. The van der Waals surface area contributed by atoms with Crippen LogP contribution in [0.15, 0.2) is 0 Å². The summed E-state index contributed by atoms with van der Waals surface area (Å²) in [7, 11) is 1.23. The van der Waals surface area contributed by atoms with Crippen LogP contribution in [0.5, 0.6) is 0 Å². The molecule has 0 bridgehead atoms. The zero-order valence-electron chi connectivity index (χ0n) is 14.6. The van der Waals surface area contributed by atoms with Gasteiger partial charge in [-0.15, -0.1) is 12.4 Å². The Labute approximate surface area is 148 Å².